The summed E-state index contributed by atoms with van der Waals surface area (Å²) < 4.78 is 0.820. The van der Waals surface area contributed by atoms with Crippen molar-refractivity contribution in [3.63, 3.8) is 0 Å². The third-order valence-electron chi connectivity index (χ3n) is 1.95. The molecule has 14 heavy (non-hydrogen) atoms. The number of carbonyl (C=O) groups excluding carboxylic acids is 1. The van der Waals surface area contributed by atoms with Gasteiger partial charge in [0.15, 0.2) is 6.29 Å². The molecule has 1 aromatic carbocycles. The van der Waals surface area contributed by atoms with Gasteiger partial charge in [-0.2, -0.15) is 0 Å². The van der Waals surface area contributed by atoms with E-state index in [1.54, 1.807) is 6.07 Å². The molecule has 0 fully saturated rings. The van der Waals surface area contributed by atoms with Crippen LogP contribution in [0.4, 0.5) is 5.69 Å². The number of hydrogen-bond acceptors (Lipinski definition) is 2. The van der Waals surface area contributed by atoms with Crippen molar-refractivity contribution in [2.75, 3.05) is 18.5 Å². The molecule has 0 radical (unpaired) electrons. The van der Waals surface area contributed by atoms with Gasteiger partial charge in [-0.3, -0.25) is 4.79 Å². The molecule has 0 aliphatic rings. The van der Waals surface area contributed by atoms with Gasteiger partial charge >= 0.3 is 0 Å². The minimum atomic E-state index is 0.667. The predicted octanol–water partition coefficient (Wildman–Crippen LogP) is 2.88. The molecule has 0 N–H and O–H groups in total. The number of likely N-dealkylation sites (N-methyl/N-ethyl adjacent to an activating group) is 1. The molecule has 0 bridgehead atoms. The fourth-order valence-corrected chi connectivity index (χ4v) is 1.61. The van der Waals surface area contributed by atoms with Crippen LogP contribution in [-0.2, 0) is 0 Å². The summed E-state index contributed by atoms with van der Waals surface area (Å²) in [4.78, 5) is 12.6. The second-order valence-electron chi connectivity index (χ2n) is 2.99. The fourth-order valence-electron chi connectivity index (χ4n) is 1.15. The Labute approximate surface area is 92.4 Å². The molecule has 0 unspecified atom stereocenters. The average molecular weight is 254 g/mol. The zero-order chi connectivity index (χ0) is 10.6. The molecule has 0 aromatic heterocycles. The Morgan fingerprint density at radius 3 is 2.79 bits per heavy atom. The van der Waals surface area contributed by atoms with Gasteiger partial charge in [-0.25, -0.2) is 0 Å². The number of anilines is 1. The van der Waals surface area contributed by atoms with Gasteiger partial charge in [0.25, 0.3) is 0 Å². The number of hydrogen-bond donors (Lipinski definition) is 0. The third-order valence-corrected chi connectivity index (χ3v) is 2.64. The topological polar surface area (TPSA) is 20.3 Å². The molecule has 0 spiro atoms. The van der Waals surface area contributed by atoms with Crippen LogP contribution in [0.25, 0.3) is 0 Å². The van der Waals surface area contributed by atoms with E-state index in [0.717, 1.165) is 23.0 Å². The van der Waals surface area contributed by atoms with Gasteiger partial charge in [-0.1, -0.05) is 6.08 Å². The highest BCUT2D eigenvalue weighted by molar-refractivity contribution is 9.10. The molecule has 2 nitrogen and oxygen atoms in total. The molecule has 0 atom stereocenters. The first-order valence-corrected chi connectivity index (χ1v) is 5.05. The van der Waals surface area contributed by atoms with Gasteiger partial charge in [0, 0.05) is 29.3 Å². The van der Waals surface area contributed by atoms with E-state index in [9.17, 15) is 4.79 Å². The van der Waals surface area contributed by atoms with Crippen LogP contribution in [-0.4, -0.2) is 19.9 Å². The maximum Gasteiger partial charge on any atom is 0.151 e. The number of halogens is 1. The van der Waals surface area contributed by atoms with E-state index in [1.165, 1.54) is 0 Å². The van der Waals surface area contributed by atoms with Crippen LogP contribution in [0.5, 0.6) is 0 Å². The molecule has 0 amide bonds. The minimum Gasteiger partial charge on any atom is -0.371 e. The maximum atomic E-state index is 10.6. The summed E-state index contributed by atoms with van der Waals surface area (Å²) >= 11 is 3.34. The highest BCUT2D eigenvalue weighted by Gasteiger charge is 2.02. The van der Waals surface area contributed by atoms with E-state index >= 15 is 0 Å². The first kappa shape index (κ1) is 11.0. The number of benzene rings is 1. The normalized spacial score (nSPS) is 9.57. The second kappa shape index (κ2) is 4.96. The number of rotatable bonds is 4. The Hall–Kier alpha value is -1.09. The van der Waals surface area contributed by atoms with E-state index in [1.807, 2.05) is 30.2 Å². The smallest absolute Gasteiger partial charge is 0.151 e. The summed E-state index contributed by atoms with van der Waals surface area (Å²) in [7, 11) is 1.98. The zero-order valence-electron chi connectivity index (χ0n) is 8.03. The summed E-state index contributed by atoms with van der Waals surface area (Å²) in [5, 5.41) is 0. The Kier molecular flexibility index (Phi) is 3.89. The minimum absolute atomic E-state index is 0.667. The van der Waals surface area contributed by atoms with Crippen molar-refractivity contribution in [2.24, 2.45) is 0 Å². The zero-order valence-corrected chi connectivity index (χ0v) is 9.62. The molecular formula is C11H12BrNO. The summed E-state index contributed by atoms with van der Waals surface area (Å²) in [5.74, 6) is 0. The number of aldehydes is 1. The van der Waals surface area contributed by atoms with E-state index in [0.29, 0.717) is 5.56 Å². The van der Waals surface area contributed by atoms with Gasteiger partial charge < -0.3 is 4.90 Å². The molecule has 1 rings (SSSR count). The molecule has 74 valence electrons. The first-order chi connectivity index (χ1) is 6.69. The Morgan fingerprint density at radius 1 is 1.57 bits per heavy atom. The Bertz CT molecular complexity index is 349. The quantitative estimate of drug-likeness (QED) is 0.608. The van der Waals surface area contributed by atoms with Crippen LogP contribution < -0.4 is 4.90 Å². The second-order valence-corrected chi connectivity index (χ2v) is 3.85. The average Bonchev–Trinajstić information content (AvgIpc) is 2.18. The Morgan fingerprint density at radius 2 is 2.29 bits per heavy atom. The summed E-state index contributed by atoms with van der Waals surface area (Å²) in [6.45, 7) is 4.46. The molecular weight excluding hydrogens is 242 g/mol. The van der Waals surface area contributed by atoms with Crippen LogP contribution in [0.3, 0.4) is 0 Å². The van der Waals surface area contributed by atoms with E-state index in [2.05, 4.69) is 22.5 Å². The van der Waals surface area contributed by atoms with Crippen molar-refractivity contribution in [3.8, 4) is 0 Å². The van der Waals surface area contributed by atoms with Gasteiger partial charge in [-0.15, -0.1) is 6.58 Å². The molecule has 1 aromatic rings. The van der Waals surface area contributed by atoms with Crippen molar-refractivity contribution in [1.82, 2.24) is 0 Å². The lowest BCUT2D eigenvalue weighted by molar-refractivity contribution is 0.112. The first-order valence-electron chi connectivity index (χ1n) is 4.25. The standard InChI is InChI=1S/C11H12BrNO/c1-3-6-13(2)10-5-4-9(8-14)11(12)7-10/h3-5,7-8H,1,6H2,2H3. The van der Waals surface area contributed by atoms with Crippen molar-refractivity contribution in [2.45, 2.75) is 0 Å². The summed E-state index contributed by atoms with van der Waals surface area (Å²) in [5.41, 5.74) is 1.73. The lowest BCUT2D eigenvalue weighted by atomic mass is 10.2. The molecule has 0 aliphatic heterocycles. The van der Waals surface area contributed by atoms with Crippen LogP contribution in [0.2, 0.25) is 0 Å². The van der Waals surface area contributed by atoms with Crippen molar-refractivity contribution in [1.29, 1.82) is 0 Å². The number of carbonyl (C=O) groups is 1. The van der Waals surface area contributed by atoms with Gasteiger partial charge in [0.2, 0.25) is 0 Å². The highest BCUT2D eigenvalue weighted by atomic mass is 79.9. The summed E-state index contributed by atoms with van der Waals surface area (Å²) in [6, 6.07) is 5.64. The van der Waals surface area contributed by atoms with E-state index in [-0.39, 0.29) is 0 Å². The largest absolute Gasteiger partial charge is 0.371 e. The Balaban J connectivity index is 2.95. The lowest BCUT2D eigenvalue weighted by Crippen LogP contribution is -2.16. The van der Waals surface area contributed by atoms with Crippen LogP contribution in [0.1, 0.15) is 10.4 Å². The predicted molar refractivity (Wildman–Crippen MR) is 63.0 cm³/mol. The molecule has 3 heteroatoms. The molecule has 0 saturated carbocycles. The van der Waals surface area contributed by atoms with Crippen molar-refractivity contribution in [3.05, 3.63) is 40.9 Å². The van der Waals surface area contributed by atoms with Crippen LogP contribution in [0.15, 0.2) is 35.3 Å². The molecule has 0 aliphatic carbocycles. The monoisotopic (exact) mass is 253 g/mol. The van der Waals surface area contributed by atoms with E-state index < -0.39 is 0 Å². The summed E-state index contributed by atoms with van der Waals surface area (Å²) in [6.07, 6.45) is 2.67. The van der Waals surface area contributed by atoms with Gasteiger partial charge in [0.05, 0.1) is 0 Å². The fraction of sp³-hybridized carbons (Fsp3) is 0.182. The van der Waals surface area contributed by atoms with Gasteiger partial charge in [0.1, 0.15) is 0 Å². The molecule has 0 heterocycles. The van der Waals surface area contributed by atoms with Crippen molar-refractivity contribution >= 4 is 27.9 Å². The van der Waals surface area contributed by atoms with Crippen molar-refractivity contribution < 1.29 is 4.79 Å². The van der Waals surface area contributed by atoms with Gasteiger partial charge in [-0.05, 0) is 34.1 Å². The van der Waals surface area contributed by atoms with E-state index in [4.69, 9.17) is 0 Å². The van der Waals surface area contributed by atoms with Crippen LogP contribution in [0, 0.1) is 0 Å². The highest BCUT2D eigenvalue weighted by Crippen LogP contribution is 2.22. The van der Waals surface area contributed by atoms with Crippen LogP contribution >= 0.6 is 15.9 Å². The SMILES string of the molecule is C=CCN(C)c1ccc(C=O)c(Br)c1. The molecule has 0 saturated heterocycles. The third kappa shape index (κ3) is 2.45. The maximum absolute atomic E-state index is 10.6. The number of nitrogens with zero attached hydrogens (tertiary/aromatic N) is 1. The lowest BCUT2D eigenvalue weighted by Gasteiger charge is -2.17.